The van der Waals surface area contributed by atoms with Crippen molar-refractivity contribution in [2.45, 2.75) is 38.2 Å². The number of ether oxygens (including phenoxy) is 1. The molecule has 1 aliphatic rings. The Labute approximate surface area is 162 Å². The molecule has 144 valence electrons. The molecular weight excluding hydrogens is 356 g/mol. The van der Waals surface area contributed by atoms with Gasteiger partial charge in [0.2, 0.25) is 0 Å². The molecule has 1 N–H and O–H groups in total. The fourth-order valence-electron chi connectivity index (χ4n) is 3.56. The number of nitrogens with zero attached hydrogens (tertiary/aromatic N) is 3. The molecule has 0 radical (unpaired) electrons. The predicted molar refractivity (Wildman–Crippen MR) is 108 cm³/mol. The van der Waals surface area contributed by atoms with Crippen LogP contribution in [0.3, 0.4) is 0 Å². The van der Waals surface area contributed by atoms with E-state index in [4.69, 9.17) is 4.74 Å². The van der Waals surface area contributed by atoms with Crippen LogP contribution in [0.5, 0.6) is 5.75 Å². The summed E-state index contributed by atoms with van der Waals surface area (Å²) in [6.07, 6.45) is 7.45. The largest absolute Gasteiger partial charge is 0.490 e. The fourth-order valence-corrected chi connectivity index (χ4v) is 3.56. The van der Waals surface area contributed by atoms with E-state index in [-0.39, 0.29) is 5.69 Å². The molecule has 0 amide bonds. The first-order valence-electron chi connectivity index (χ1n) is 9.58. The van der Waals surface area contributed by atoms with Gasteiger partial charge in [0.25, 0.3) is 5.69 Å². The monoisotopic (exact) mass is 378 g/mol. The van der Waals surface area contributed by atoms with Crippen LogP contribution in [0.25, 0.3) is 10.9 Å². The molecule has 7 nitrogen and oxygen atoms in total. The van der Waals surface area contributed by atoms with Crippen LogP contribution in [-0.4, -0.2) is 27.5 Å². The lowest BCUT2D eigenvalue weighted by Crippen LogP contribution is -2.11. The van der Waals surface area contributed by atoms with Gasteiger partial charge in [0.1, 0.15) is 17.9 Å². The van der Waals surface area contributed by atoms with Crippen molar-refractivity contribution >= 4 is 22.4 Å². The molecule has 4 rings (SSSR count). The molecule has 1 fully saturated rings. The van der Waals surface area contributed by atoms with E-state index < -0.39 is 4.92 Å². The van der Waals surface area contributed by atoms with Crippen LogP contribution in [0, 0.1) is 10.1 Å². The average Bonchev–Trinajstić information content (AvgIpc) is 3.22. The van der Waals surface area contributed by atoms with Crippen LogP contribution in [0.1, 0.15) is 31.2 Å². The maximum absolute atomic E-state index is 11.0. The second kappa shape index (κ2) is 8.21. The second-order valence-electron chi connectivity index (χ2n) is 7.03. The molecule has 0 atom stereocenters. The molecule has 28 heavy (non-hydrogen) atoms. The zero-order valence-corrected chi connectivity index (χ0v) is 15.5. The van der Waals surface area contributed by atoms with Gasteiger partial charge >= 0.3 is 0 Å². The number of rotatable bonds is 7. The summed E-state index contributed by atoms with van der Waals surface area (Å²) >= 11 is 0. The van der Waals surface area contributed by atoms with E-state index in [2.05, 4.69) is 27.4 Å². The number of benzene rings is 2. The quantitative estimate of drug-likeness (QED) is 0.480. The summed E-state index contributed by atoms with van der Waals surface area (Å²) in [6, 6.07) is 12.8. The zero-order chi connectivity index (χ0) is 19.3. The van der Waals surface area contributed by atoms with Gasteiger partial charge in [-0.1, -0.05) is 12.1 Å². The number of fused-ring (bicyclic) bond motifs is 1. The van der Waals surface area contributed by atoms with E-state index in [1.807, 2.05) is 12.1 Å². The van der Waals surface area contributed by atoms with E-state index in [0.717, 1.165) is 25.0 Å². The molecule has 1 aromatic heterocycles. The summed E-state index contributed by atoms with van der Waals surface area (Å²) in [5.74, 6) is 1.53. The van der Waals surface area contributed by atoms with Crippen LogP contribution >= 0.6 is 0 Å². The highest BCUT2D eigenvalue weighted by Gasteiger charge is 2.16. The Hall–Kier alpha value is -3.22. The van der Waals surface area contributed by atoms with Gasteiger partial charge in [0.15, 0.2) is 0 Å². The van der Waals surface area contributed by atoms with E-state index in [1.54, 1.807) is 6.07 Å². The SMILES string of the molecule is O=[N+]([O-])c1ccc2ncnc(NCCc3ccc(OC4CCCC4)cc3)c2c1. The molecular formula is C21H22N4O3. The maximum atomic E-state index is 11.0. The Bertz CT molecular complexity index is 969. The van der Waals surface area contributed by atoms with Gasteiger partial charge in [-0.3, -0.25) is 10.1 Å². The Kier molecular flexibility index (Phi) is 5.32. The summed E-state index contributed by atoms with van der Waals surface area (Å²) in [6.45, 7) is 0.664. The standard InChI is InChI=1S/C21H22N4O3/c26-25(27)16-7-10-20-19(13-16)21(24-14-23-20)22-12-11-15-5-8-18(9-6-15)28-17-3-1-2-4-17/h5-10,13-14,17H,1-4,11-12H2,(H,22,23,24). The molecule has 0 bridgehead atoms. The van der Waals surface area contributed by atoms with Crippen molar-refractivity contribution in [2.24, 2.45) is 0 Å². The molecule has 1 aliphatic carbocycles. The van der Waals surface area contributed by atoms with Crippen molar-refractivity contribution < 1.29 is 9.66 Å². The van der Waals surface area contributed by atoms with Crippen molar-refractivity contribution in [2.75, 3.05) is 11.9 Å². The van der Waals surface area contributed by atoms with Crippen LogP contribution in [0.2, 0.25) is 0 Å². The van der Waals surface area contributed by atoms with Crippen molar-refractivity contribution in [3.05, 3.63) is 64.5 Å². The van der Waals surface area contributed by atoms with E-state index in [1.165, 1.54) is 36.9 Å². The normalized spacial score (nSPS) is 14.3. The molecule has 1 saturated carbocycles. The smallest absolute Gasteiger partial charge is 0.270 e. The first-order valence-corrected chi connectivity index (χ1v) is 9.58. The molecule has 7 heteroatoms. The van der Waals surface area contributed by atoms with Crippen molar-refractivity contribution in [3.8, 4) is 5.75 Å². The summed E-state index contributed by atoms with van der Waals surface area (Å²) in [4.78, 5) is 19.0. The Balaban J connectivity index is 1.38. The first kappa shape index (κ1) is 18.2. The lowest BCUT2D eigenvalue weighted by Gasteiger charge is -2.13. The number of nitrogens with one attached hydrogen (secondary N) is 1. The van der Waals surface area contributed by atoms with Crippen LogP contribution in [0.15, 0.2) is 48.8 Å². The van der Waals surface area contributed by atoms with E-state index in [0.29, 0.717) is 29.4 Å². The average molecular weight is 378 g/mol. The Morgan fingerprint density at radius 2 is 1.89 bits per heavy atom. The highest BCUT2D eigenvalue weighted by atomic mass is 16.6. The third-order valence-corrected chi connectivity index (χ3v) is 5.06. The minimum atomic E-state index is -0.411. The number of hydrogen-bond acceptors (Lipinski definition) is 6. The van der Waals surface area contributed by atoms with Gasteiger partial charge in [0.05, 0.1) is 16.5 Å². The highest BCUT2D eigenvalue weighted by molar-refractivity contribution is 5.90. The summed E-state index contributed by atoms with van der Waals surface area (Å²) in [5, 5.41) is 14.9. The molecule has 3 aromatic rings. The molecule has 0 spiro atoms. The van der Waals surface area contributed by atoms with Gasteiger partial charge < -0.3 is 10.1 Å². The Morgan fingerprint density at radius 3 is 2.64 bits per heavy atom. The molecule has 0 saturated heterocycles. The summed E-state index contributed by atoms with van der Waals surface area (Å²) < 4.78 is 6.00. The van der Waals surface area contributed by atoms with Crippen LogP contribution in [-0.2, 0) is 6.42 Å². The number of nitro groups is 1. The van der Waals surface area contributed by atoms with Gasteiger partial charge in [0, 0.05) is 24.1 Å². The number of hydrogen-bond donors (Lipinski definition) is 1. The topological polar surface area (TPSA) is 90.2 Å². The predicted octanol–water partition coefficient (Wildman–Crippen LogP) is 4.51. The molecule has 0 unspecified atom stereocenters. The van der Waals surface area contributed by atoms with Crippen molar-refractivity contribution in [1.29, 1.82) is 0 Å². The van der Waals surface area contributed by atoms with Gasteiger partial charge in [-0.15, -0.1) is 0 Å². The maximum Gasteiger partial charge on any atom is 0.270 e. The van der Waals surface area contributed by atoms with Gasteiger partial charge in [-0.25, -0.2) is 9.97 Å². The van der Waals surface area contributed by atoms with E-state index in [9.17, 15) is 10.1 Å². The van der Waals surface area contributed by atoms with Crippen LogP contribution < -0.4 is 10.1 Å². The van der Waals surface area contributed by atoms with Gasteiger partial charge in [-0.2, -0.15) is 0 Å². The zero-order valence-electron chi connectivity index (χ0n) is 15.5. The molecule has 2 aromatic carbocycles. The fraction of sp³-hybridized carbons (Fsp3) is 0.333. The minimum Gasteiger partial charge on any atom is -0.490 e. The number of aromatic nitrogens is 2. The van der Waals surface area contributed by atoms with E-state index >= 15 is 0 Å². The summed E-state index contributed by atoms with van der Waals surface area (Å²) in [5.41, 5.74) is 1.90. The molecule has 1 heterocycles. The van der Waals surface area contributed by atoms with Crippen LogP contribution in [0.4, 0.5) is 11.5 Å². The third-order valence-electron chi connectivity index (χ3n) is 5.06. The number of non-ortho nitro benzene ring substituents is 1. The number of nitro benzene ring substituents is 1. The van der Waals surface area contributed by atoms with Crippen molar-refractivity contribution in [1.82, 2.24) is 9.97 Å². The lowest BCUT2D eigenvalue weighted by molar-refractivity contribution is -0.384. The summed E-state index contributed by atoms with van der Waals surface area (Å²) in [7, 11) is 0. The minimum absolute atomic E-state index is 0.0307. The molecule has 0 aliphatic heterocycles. The number of anilines is 1. The van der Waals surface area contributed by atoms with Crippen molar-refractivity contribution in [3.63, 3.8) is 0 Å². The first-order chi connectivity index (χ1) is 13.7. The third kappa shape index (κ3) is 4.19. The van der Waals surface area contributed by atoms with Gasteiger partial charge in [-0.05, 0) is 55.9 Å². The second-order valence-corrected chi connectivity index (χ2v) is 7.03. The Morgan fingerprint density at radius 1 is 1.11 bits per heavy atom. The lowest BCUT2D eigenvalue weighted by atomic mass is 10.1. The highest BCUT2D eigenvalue weighted by Crippen LogP contribution is 2.25.